The summed E-state index contributed by atoms with van der Waals surface area (Å²) in [6.45, 7) is 1.36. The van der Waals surface area contributed by atoms with Crippen LogP contribution in [0.4, 0.5) is 10.6 Å². The van der Waals surface area contributed by atoms with Crippen LogP contribution in [-0.4, -0.2) is 54.4 Å². The Morgan fingerprint density at radius 2 is 2.28 bits per heavy atom. The molecule has 1 aromatic heterocycles. The first kappa shape index (κ1) is 17.3. The number of fused-ring (bicyclic) bond motifs is 1. The molecule has 134 valence electrons. The summed E-state index contributed by atoms with van der Waals surface area (Å²) in [5.74, 6) is 0.350. The average Bonchev–Trinajstić information content (AvgIpc) is 3.14. The molecule has 3 amide bonds. The lowest BCUT2D eigenvalue weighted by molar-refractivity contribution is -0.140. The number of aldehydes is 1. The number of hydrogen-bond acceptors (Lipinski definition) is 5. The Labute approximate surface area is 145 Å². The monoisotopic (exact) mass is 346 g/mol. The van der Waals surface area contributed by atoms with E-state index in [1.165, 1.54) is 4.90 Å². The number of aryl methyl sites for hydroxylation is 1. The predicted molar refractivity (Wildman–Crippen MR) is 90.3 cm³/mol. The molecule has 0 aliphatic carbocycles. The number of primary amides is 1. The zero-order valence-electron chi connectivity index (χ0n) is 14.2. The van der Waals surface area contributed by atoms with E-state index in [0.29, 0.717) is 30.8 Å². The van der Waals surface area contributed by atoms with E-state index in [1.807, 2.05) is 6.07 Å². The van der Waals surface area contributed by atoms with Gasteiger partial charge in [0, 0.05) is 32.3 Å². The molecular weight excluding hydrogens is 324 g/mol. The van der Waals surface area contributed by atoms with E-state index in [-0.39, 0.29) is 18.1 Å². The fraction of sp³-hybridized carbons (Fsp3) is 0.529. The van der Waals surface area contributed by atoms with Gasteiger partial charge < -0.3 is 15.4 Å². The highest BCUT2D eigenvalue weighted by atomic mass is 16.5. The number of pyridine rings is 1. The lowest BCUT2D eigenvalue weighted by atomic mass is 10.0. The first-order valence-electron chi connectivity index (χ1n) is 8.42. The maximum Gasteiger partial charge on any atom is 0.320 e. The van der Waals surface area contributed by atoms with Crippen molar-refractivity contribution in [3.63, 3.8) is 0 Å². The van der Waals surface area contributed by atoms with Crippen LogP contribution >= 0.6 is 0 Å². The Morgan fingerprint density at radius 3 is 2.92 bits per heavy atom. The quantitative estimate of drug-likeness (QED) is 0.814. The van der Waals surface area contributed by atoms with E-state index < -0.39 is 12.1 Å². The Bertz CT molecular complexity index is 700. The van der Waals surface area contributed by atoms with Gasteiger partial charge in [0.15, 0.2) is 6.29 Å². The van der Waals surface area contributed by atoms with Crippen LogP contribution in [0, 0.1) is 0 Å². The van der Waals surface area contributed by atoms with Crippen LogP contribution in [0.5, 0.6) is 0 Å². The number of ether oxygens (including phenoxy) is 1. The molecule has 2 N–H and O–H groups in total. The molecule has 0 saturated carbocycles. The van der Waals surface area contributed by atoms with Crippen molar-refractivity contribution in [2.24, 2.45) is 5.73 Å². The molecule has 8 nitrogen and oxygen atoms in total. The van der Waals surface area contributed by atoms with Gasteiger partial charge in [-0.25, -0.2) is 9.78 Å². The van der Waals surface area contributed by atoms with Gasteiger partial charge in [-0.3, -0.25) is 14.5 Å². The largest absolute Gasteiger partial charge is 0.368 e. The van der Waals surface area contributed by atoms with Gasteiger partial charge in [-0.15, -0.1) is 0 Å². The first-order chi connectivity index (χ1) is 12.0. The number of likely N-dealkylation sites (N-methyl/N-ethyl adjacent to an activating group) is 1. The highest BCUT2D eigenvalue weighted by molar-refractivity contribution is 5.91. The fourth-order valence-corrected chi connectivity index (χ4v) is 3.35. The van der Waals surface area contributed by atoms with Gasteiger partial charge in [0.2, 0.25) is 0 Å². The van der Waals surface area contributed by atoms with Crippen molar-refractivity contribution in [3.8, 4) is 0 Å². The molecule has 0 radical (unpaired) electrons. The number of nitrogens with two attached hydrogens (primary N) is 1. The topological polar surface area (TPSA) is 106 Å². The second kappa shape index (κ2) is 7.18. The zero-order chi connectivity index (χ0) is 18.0. The summed E-state index contributed by atoms with van der Waals surface area (Å²) < 4.78 is 5.43. The normalized spacial score (nSPS) is 19.4. The number of carbonyl (C=O) groups excluding carboxylic acids is 3. The van der Waals surface area contributed by atoms with Crippen LogP contribution in [-0.2, 0) is 22.5 Å². The van der Waals surface area contributed by atoms with E-state index in [1.54, 1.807) is 11.9 Å². The molecule has 1 atom stereocenters. The van der Waals surface area contributed by atoms with Gasteiger partial charge in [-0.05, 0) is 37.3 Å². The lowest BCUT2D eigenvalue weighted by Gasteiger charge is -2.28. The van der Waals surface area contributed by atoms with E-state index in [2.05, 4.69) is 4.98 Å². The smallest absolute Gasteiger partial charge is 0.320 e. The van der Waals surface area contributed by atoms with E-state index in [0.717, 1.165) is 31.2 Å². The van der Waals surface area contributed by atoms with E-state index in [4.69, 9.17) is 10.5 Å². The molecular formula is C17H22N4O4. The minimum atomic E-state index is -0.580. The Hall–Kier alpha value is -2.48. The summed E-state index contributed by atoms with van der Waals surface area (Å²) >= 11 is 0. The van der Waals surface area contributed by atoms with Crippen molar-refractivity contribution in [1.82, 2.24) is 9.88 Å². The van der Waals surface area contributed by atoms with Crippen LogP contribution in [0.25, 0.3) is 0 Å². The summed E-state index contributed by atoms with van der Waals surface area (Å²) in [7, 11) is 1.69. The molecule has 8 heteroatoms. The molecule has 3 rings (SSSR count). The highest BCUT2D eigenvalue weighted by Crippen LogP contribution is 2.27. The zero-order valence-corrected chi connectivity index (χ0v) is 14.2. The van der Waals surface area contributed by atoms with Crippen molar-refractivity contribution < 1.29 is 19.1 Å². The summed E-state index contributed by atoms with van der Waals surface area (Å²) in [5, 5.41) is 0. The maximum absolute atomic E-state index is 12.4. The maximum atomic E-state index is 12.4. The molecule has 25 heavy (non-hydrogen) atoms. The van der Waals surface area contributed by atoms with Gasteiger partial charge in [0.05, 0.1) is 0 Å². The van der Waals surface area contributed by atoms with Crippen molar-refractivity contribution in [2.75, 3.05) is 25.1 Å². The number of amides is 3. The van der Waals surface area contributed by atoms with Crippen molar-refractivity contribution in [3.05, 3.63) is 22.9 Å². The first-order valence-corrected chi connectivity index (χ1v) is 8.42. The SMILES string of the molecule is CN(Cc1cc2c(nc1C=O)N(C(N)=O)CCC2)C(=O)[C@H]1CCCO1. The Balaban J connectivity index is 1.85. The number of hydrogen-bond donors (Lipinski definition) is 1. The van der Waals surface area contributed by atoms with Crippen molar-refractivity contribution in [2.45, 2.75) is 38.3 Å². The average molecular weight is 346 g/mol. The molecule has 0 spiro atoms. The number of rotatable bonds is 4. The molecule has 2 aliphatic rings. The van der Waals surface area contributed by atoms with Gasteiger partial charge in [0.25, 0.3) is 5.91 Å². The lowest BCUT2D eigenvalue weighted by Crippen LogP contribution is -2.40. The molecule has 1 saturated heterocycles. The second-order valence-electron chi connectivity index (χ2n) is 6.42. The Kier molecular flexibility index (Phi) is 4.98. The van der Waals surface area contributed by atoms with Crippen molar-refractivity contribution >= 4 is 24.0 Å². The molecule has 0 bridgehead atoms. The molecule has 0 unspecified atom stereocenters. The number of nitrogens with zero attached hydrogens (tertiary/aromatic N) is 3. The summed E-state index contributed by atoms with van der Waals surface area (Å²) in [6, 6.07) is 1.27. The van der Waals surface area contributed by atoms with Gasteiger partial charge in [-0.1, -0.05) is 0 Å². The third-order valence-electron chi connectivity index (χ3n) is 4.64. The molecule has 1 fully saturated rings. The third kappa shape index (κ3) is 3.48. The van der Waals surface area contributed by atoms with Crippen LogP contribution in [0.3, 0.4) is 0 Å². The summed E-state index contributed by atoms with van der Waals surface area (Å²) in [6.07, 6.45) is 3.38. The fourth-order valence-electron chi connectivity index (χ4n) is 3.35. The van der Waals surface area contributed by atoms with Crippen LogP contribution in [0.1, 0.15) is 40.9 Å². The van der Waals surface area contributed by atoms with E-state index in [9.17, 15) is 14.4 Å². The van der Waals surface area contributed by atoms with Crippen LogP contribution < -0.4 is 10.6 Å². The standard InChI is InChI=1S/C17H22N4O4/c1-20(16(23)14-5-3-7-25-14)9-12-8-11-4-2-6-21(17(18)24)15(11)19-13(12)10-22/h8,10,14H,2-7,9H2,1H3,(H2,18,24)/t14-/m1/s1. The number of carbonyl (C=O) groups is 3. The van der Waals surface area contributed by atoms with Crippen LogP contribution in [0.2, 0.25) is 0 Å². The minimum absolute atomic E-state index is 0.0918. The van der Waals surface area contributed by atoms with Crippen LogP contribution in [0.15, 0.2) is 6.07 Å². The number of anilines is 1. The number of urea groups is 1. The molecule has 3 heterocycles. The second-order valence-corrected chi connectivity index (χ2v) is 6.42. The molecule has 2 aliphatic heterocycles. The van der Waals surface area contributed by atoms with E-state index >= 15 is 0 Å². The third-order valence-corrected chi connectivity index (χ3v) is 4.64. The molecule has 1 aromatic rings. The van der Waals surface area contributed by atoms with Gasteiger partial charge in [-0.2, -0.15) is 0 Å². The molecule has 0 aromatic carbocycles. The highest BCUT2D eigenvalue weighted by Gasteiger charge is 2.28. The van der Waals surface area contributed by atoms with Gasteiger partial charge in [0.1, 0.15) is 17.6 Å². The minimum Gasteiger partial charge on any atom is -0.368 e. The van der Waals surface area contributed by atoms with Crippen molar-refractivity contribution in [1.29, 1.82) is 0 Å². The summed E-state index contributed by atoms with van der Waals surface area (Å²) in [4.78, 5) is 42.7. The van der Waals surface area contributed by atoms with Gasteiger partial charge >= 0.3 is 6.03 Å². The Morgan fingerprint density at radius 1 is 1.48 bits per heavy atom. The predicted octanol–water partition coefficient (Wildman–Crippen LogP) is 0.863. The number of aromatic nitrogens is 1. The summed E-state index contributed by atoms with van der Waals surface area (Å²) in [5.41, 5.74) is 7.14.